The number of halogens is 1. The maximum absolute atomic E-state index is 12.5. The predicted octanol–water partition coefficient (Wildman–Crippen LogP) is 8.17. The van der Waals surface area contributed by atoms with Gasteiger partial charge in [-0.25, -0.2) is 4.79 Å². The normalized spacial score (nSPS) is 15.4. The molecule has 3 aromatic carbocycles. The molecule has 0 bridgehead atoms. The van der Waals surface area contributed by atoms with Crippen LogP contribution in [0.2, 0.25) is 0 Å². The van der Waals surface area contributed by atoms with Crippen LogP contribution >= 0.6 is 0 Å². The minimum absolute atomic E-state index is 0.252. The number of rotatable bonds is 9. The first kappa shape index (κ1) is 28.0. The van der Waals surface area contributed by atoms with Gasteiger partial charge in [0, 0.05) is 19.6 Å². The van der Waals surface area contributed by atoms with Crippen molar-refractivity contribution in [1.82, 2.24) is 4.90 Å². The zero-order valence-electron chi connectivity index (χ0n) is 24.0. The first-order chi connectivity index (χ1) is 19.4. The third-order valence-corrected chi connectivity index (χ3v) is 8.34. The Hall–Kier alpha value is -3.50. The third kappa shape index (κ3) is 5.83. The van der Waals surface area contributed by atoms with E-state index in [-0.39, 0.29) is 6.67 Å². The van der Waals surface area contributed by atoms with Gasteiger partial charge in [0.05, 0.1) is 12.2 Å². The highest BCUT2D eigenvalue weighted by atomic mass is 19.1. The van der Waals surface area contributed by atoms with Crippen LogP contribution in [-0.2, 0) is 19.3 Å². The summed E-state index contributed by atoms with van der Waals surface area (Å²) in [5.74, 6) is -0.880. The van der Waals surface area contributed by atoms with E-state index in [1.807, 2.05) is 12.1 Å². The van der Waals surface area contributed by atoms with E-state index in [1.54, 1.807) is 6.07 Å². The van der Waals surface area contributed by atoms with Gasteiger partial charge >= 0.3 is 5.97 Å². The molecule has 1 heterocycles. The number of aromatic carboxylic acids is 1. The Morgan fingerprint density at radius 3 is 2.30 bits per heavy atom. The molecule has 2 aliphatic rings. The monoisotopic (exact) mass is 537 g/mol. The van der Waals surface area contributed by atoms with Gasteiger partial charge in [-0.15, -0.1) is 0 Å². The van der Waals surface area contributed by atoms with Crippen LogP contribution in [-0.4, -0.2) is 42.3 Å². The molecule has 40 heavy (non-hydrogen) atoms. The van der Waals surface area contributed by atoms with E-state index in [0.717, 1.165) is 62.9 Å². The van der Waals surface area contributed by atoms with Gasteiger partial charge in [0.15, 0.2) is 0 Å². The van der Waals surface area contributed by atoms with E-state index in [0.29, 0.717) is 12.0 Å². The van der Waals surface area contributed by atoms with Crippen molar-refractivity contribution in [2.75, 3.05) is 26.3 Å². The number of hydrogen-bond acceptors (Lipinski definition) is 2. The van der Waals surface area contributed by atoms with Gasteiger partial charge in [-0.05, 0) is 113 Å². The standard InChI is InChI=1S/C36H40FNO2/c1-4-27-18-24(3)19-28(5-2)34(27)33-9-6-8-30-21-31(36(39)40)14-15-32(30)35(33)29-12-10-25(11-13-29)20-26-22-38(23-26)17-7-16-37/h10-15,18-21H,4-9,16-17,22-23H2,1-3H3,(H,39,40). The summed E-state index contributed by atoms with van der Waals surface area (Å²) in [6, 6.07) is 19.2. The molecule has 0 aromatic heterocycles. The molecule has 0 atom stereocenters. The summed E-state index contributed by atoms with van der Waals surface area (Å²) in [5, 5.41) is 9.68. The lowest BCUT2D eigenvalue weighted by atomic mass is 9.82. The van der Waals surface area contributed by atoms with Gasteiger partial charge in [0.2, 0.25) is 0 Å². The number of aryl methyl sites for hydroxylation is 4. The van der Waals surface area contributed by atoms with Gasteiger partial charge in [-0.2, -0.15) is 0 Å². The van der Waals surface area contributed by atoms with Gasteiger partial charge in [-0.1, -0.05) is 68.0 Å². The van der Waals surface area contributed by atoms with Crippen LogP contribution in [0.15, 0.2) is 60.2 Å². The Bertz CT molecular complexity index is 1430. The molecule has 0 radical (unpaired) electrons. The molecule has 0 spiro atoms. The van der Waals surface area contributed by atoms with Gasteiger partial charge < -0.3 is 5.11 Å². The molecule has 0 unspecified atom stereocenters. The lowest BCUT2D eigenvalue weighted by molar-refractivity contribution is 0.0696. The van der Waals surface area contributed by atoms with E-state index >= 15 is 0 Å². The van der Waals surface area contributed by atoms with Crippen molar-refractivity contribution in [2.45, 2.75) is 59.3 Å². The number of nitrogens with zero attached hydrogens (tertiary/aromatic N) is 1. The van der Waals surface area contributed by atoms with Crippen LogP contribution in [0.3, 0.4) is 0 Å². The number of allylic oxidation sites excluding steroid dienone is 1. The summed E-state index contributed by atoms with van der Waals surface area (Å²) < 4.78 is 12.5. The highest BCUT2D eigenvalue weighted by Crippen LogP contribution is 2.42. The summed E-state index contributed by atoms with van der Waals surface area (Å²) in [4.78, 5) is 14.1. The minimum atomic E-state index is -0.880. The fourth-order valence-electron chi connectivity index (χ4n) is 6.43. The van der Waals surface area contributed by atoms with Crippen molar-refractivity contribution >= 4 is 23.2 Å². The molecule has 1 aliphatic carbocycles. The van der Waals surface area contributed by atoms with Crippen molar-refractivity contribution < 1.29 is 14.3 Å². The Morgan fingerprint density at radius 2 is 1.68 bits per heavy atom. The number of alkyl halides is 1. The van der Waals surface area contributed by atoms with Crippen molar-refractivity contribution in [2.24, 2.45) is 0 Å². The molecular weight excluding hydrogens is 497 g/mol. The largest absolute Gasteiger partial charge is 0.478 e. The number of likely N-dealkylation sites (tertiary alicyclic amines) is 1. The smallest absolute Gasteiger partial charge is 0.335 e. The van der Waals surface area contributed by atoms with Crippen LogP contribution in [0.5, 0.6) is 0 Å². The van der Waals surface area contributed by atoms with E-state index in [1.165, 1.54) is 50.1 Å². The zero-order valence-corrected chi connectivity index (χ0v) is 24.0. The summed E-state index contributed by atoms with van der Waals surface area (Å²) in [7, 11) is 0. The molecule has 1 aliphatic heterocycles. The van der Waals surface area contributed by atoms with Crippen molar-refractivity contribution in [1.29, 1.82) is 0 Å². The molecular formula is C36H40FNO2. The molecule has 3 nitrogen and oxygen atoms in total. The molecule has 5 rings (SSSR count). The van der Waals surface area contributed by atoms with E-state index in [4.69, 9.17) is 0 Å². The van der Waals surface area contributed by atoms with Crippen LogP contribution in [0.4, 0.5) is 4.39 Å². The number of hydrogen-bond donors (Lipinski definition) is 1. The van der Waals surface area contributed by atoms with Crippen LogP contribution in [0, 0.1) is 6.92 Å². The number of fused-ring (bicyclic) bond motifs is 1. The summed E-state index contributed by atoms with van der Waals surface area (Å²) in [6.07, 6.45) is 7.61. The molecule has 4 heteroatoms. The Kier molecular flexibility index (Phi) is 8.66. The SMILES string of the molecule is CCc1cc(C)cc(CC)c1C1=C(c2ccc(C=C3CN(CCCF)C3)cc2)c2ccc(C(=O)O)cc2CCC1. The van der Waals surface area contributed by atoms with Crippen LogP contribution in [0.1, 0.15) is 88.0 Å². The molecule has 1 fully saturated rings. The molecule has 208 valence electrons. The molecule has 3 aromatic rings. The maximum atomic E-state index is 12.5. The Balaban J connectivity index is 1.62. The predicted molar refractivity (Wildman–Crippen MR) is 164 cm³/mol. The topological polar surface area (TPSA) is 40.5 Å². The quantitative estimate of drug-likeness (QED) is 0.299. The third-order valence-electron chi connectivity index (χ3n) is 8.34. The average Bonchev–Trinajstić information content (AvgIpc) is 3.12. The molecule has 0 amide bonds. The average molecular weight is 538 g/mol. The molecule has 0 saturated carbocycles. The van der Waals surface area contributed by atoms with Gasteiger partial charge in [0.1, 0.15) is 0 Å². The minimum Gasteiger partial charge on any atom is -0.478 e. The van der Waals surface area contributed by atoms with Crippen LogP contribution < -0.4 is 0 Å². The number of carboxylic acids is 1. The number of carbonyl (C=O) groups is 1. The first-order valence-electron chi connectivity index (χ1n) is 14.7. The summed E-state index contributed by atoms with van der Waals surface area (Å²) >= 11 is 0. The van der Waals surface area contributed by atoms with Gasteiger partial charge in [0.25, 0.3) is 0 Å². The highest BCUT2D eigenvalue weighted by Gasteiger charge is 2.24. The maximum Gasteiger partial charge on any atom is 0.335 e. The number of benzene rings is 3. The molecule has 1 saturated heterocycles. The van der Waals surface area contributed by atoms with Gasteiger partial charge in [-0.3, -0.25) is 9.29 Å². The summed E-state index contributed by atoms with van der Waals surface area (Å²) in [5.41, 5.74) is 14.4. The van der Waals surface area contributed by atoms with E-state index in [9.17, 15) is 14.3 Å². The fourth-order valence-corrected chi connectivity index (χ4v) is 6.43. The van der Waals surface area contributed by atoms with Crippen LogP contribution in [0.25, 0.3) is 17.2 Å². The van der Waals surface area contributed by atoms with Crippen molar-refractivity contribution in [3.63, 3.8) is 0 Å². The zero-order chi connectivity index (χ0) is 28.2. The first-order valence-corrected chi connectivity index (χ1v) is 14.7. The van der Waals surface area contributed by atoms with Crippen molar-refractivity contribution in [3.8, 4) is 0 Å². The lowest BCUT2D eigenvalue weighted by Gasteiger charge is -2.33. The second kappa shape index (κ2) is 12.3. The second-order valence-corrected chi connectivity index (χ2v) is 11.2. The van der Waals surface area contributed by atoms with Crippen molar-refractivity contribution in [3.05, 3.63) is 110 Å². The Morgan fingerprint density at radius 1 is 0.975 bits per heavy atom. The Labute approximate surface area is 238 Å². The number of carboxylic acid groups (broad SMARTS) is 1. The highest BCUT2D eigenvalue weighted by molar-refractivity contribution is 6.01. The lowest BCUT2D eigenvalue weighted by Crippen LogP contribution is -2.40. The second-order valence-electron chi connectivity index (χ2n) is 11.2. The van der Waals surface area contributed by atoms with E-state index in [2.05, 4.69) is 68.1 Å². The van der Waals surface area contributed by atoms with E-state index < -0.39 is 5.97 Å². The fraction of sp³-hybridized carbons (Fsp3) is 0.361. The summed E-state index contributed by atoms with van der Waals surface area (Å²) in [6.45, 7) is 9.07. The molecule has 1 N–H and O–H groups in total.